The second-order valence-corrected chi connectivity index (χ2v) is 3.66. The highest BCUT2D eigenvalue weighted by molar-refractivity contribution is 5.47. The van der Waals surface area contributed by atoms with Crippen LogP contribution in [0.1, 0.15) is 11.1 Å². The van der Waals surface area contributed by atoms with Crippen LogP contribution in [0.2, 0.25) is 0 Å². The average Bonchev–Trinajstić information content (AvgIpc) is 2.41. The zero-order valence-electron chi connectivity index (χ0n) is 9.43. The number of aliphatic hydroxyl groups is 1. The Morgan fingerprint density at radius 3 is 2.50 bits per heavy atom. The monoisotopic (exact) mass is 243 g/mol. The number of hydrogen-bond acceptors (Lipinski definition) is 3. The van der Waals surface area contributed by atoms with Gasteiger partial charge in [0.25, 0.3) is 0 Å². The average molecular weight is 243 g/mol. The first-order chi connectivity index (χ1) is 8.72. The Morgan fingerprint density at radius 2 is 1.89 bits per heavy atom. The highest BCUT2D eigenvalue weighted by Crippen LogP contribution is 2.26. The largest absolute Gasteiger partial charge is 0.456 e. The molecule has 90 valence electrons. The predicted molar refractivity (Wildman–Crippen MR) is 63.6 cm³/mol. The highest BCUT2D eigenvalue weighted by Gasteiger charge is 2.06. The van der Waals surface area contributed by atoms with Crippen LogP contribution in [0.3, 0.4) is 0 Å². The molecule has 4 heteroatoms. The van der Waals surface area contributed by atoms with Gasteiger partial charge in [-0.2, -0.15) is 5.26 Å². The van der Waals surface area contributed by atoms with E-state index in [1.165, 1.54) is 24.3 Å². The van der Waals surface area contributed by atoms with Gasteiger partial charge in [-0.1, -0.05) is 6.07 Å². The minimum Gasteiger partial charge on any atom is -0.456 e. The van der Waals surface area contributed by atoms with Gasteiger partial charge in [0.2, 0.25) is 0 Å². The number of ether oxygens (including phenoxy) is 1. The fourth-order valence-electron chi connectivity index (χ4n) is 1.48. The van der Waals surface area contributed by atoms with Gasteiger partial charge in [-0.3, -0.25) is 0 Å². The van der Waals surface area contributed by atoms with Gasteiger partial charge >= 0.3 is 0 Å². The van der Waals surface area contributed by atoms with Crippen LogP contribution in [-0.4, -0.2) is 5.11 Å². The van der Waals surface area contributed by atoms with E-state index in [0.717, 1.165) is 0 Å². The number of aliphatic hydroxyl groups excluding tert-OH is 1. The second-order valence-electron chi connectivity index (χ2n) is 3.66. The van der Waals surface area contributed by atoms with Gasteiger partial charge in [-0.25, -0.2) is 4.39 Å². The molecular formula is C14H10FNO2. The van der Waals surface area contributed by atoms with Gasteiger partial charge < -0.3 is 9.84 Å². The van der Waals surface area contributed by atoms with E-state index >= 15 is 0 Å². The lowest BCUT2D eigenvalue weighted by Crippen LogP contribution is -1.91. The maximum Gasteiger partial charge on any atom is 0.145 e. The van der Waals surface area contributed by atoms with Gasteiger partial charge in [0, 0.05) is 0 Å². The van der Waals surface area contributed by atoms with Crippen LogP contribution in [0.15, 0.2) is 42.5 Å². The summed E-state index contributed by atoms with van der Waals surface area (Å²) in [5.41, 5.74) is 0.962. The molecule has 0 heterocycles. The van der Waals surface area contributed by atoms with Gasteiger partial charge in [0.05, 0.1) is 12.2 Å². The Kier molecular flexibility index (Phi) is 3.56. The van der Waals surface area contributed by atoms with E-state index in [2.05, 4.69) is 0 Å². The van der Waals surface area contributed by atoms with Crippen LogP contribution in [-0.2, 0) is 6.61 Å². The number of benzene rings is 2. The van der Waals surface area contributed by atoms with Crippen molar-refractivity contribution < 1.29 is 14.2 Å². The lowest BCUT2D eigenvalue weighted by Gasteiger charge is -2.08. The van der Waals surface area contributed by atoms with Gasteiger partial charge in [0.15, 0.2) is 0 Å². The van der Waals surface area contributed by atoms with Crippen LogP contribution < -0.4 is 4.74 Å². The van der Waals surface area contributed by atoms with E-state index in [9.17, 15) is 4.39 Å². The molecule has 0 spiro atoms. The summed E-state index contributed by atoms with van der Waals surface area (Å²) in [5.74, 6) is 0.476. The van der Waals surface area contributed by atoms with Crippen molar-refractivity contribution in [2.45, 2.75) is 6.61 Å². The number of halogens is 1. The minimum absolute atomic E-state index is 0.133. The van der Waals surface area contributed by atoms with Crippen LogP contribution >= 0.6 is 0 Å². The van der Waals surface area contributed by atoms with Crippen molar-refractivity contribution in [3.05, 3.63) is 59.4 Å². The second kappa shape index (κ2) is 5.30. The maximum atomic E-state index is 12.7. The third kappa shape index (κ3) is 2.65. The lowest BCUT2D eigenvalue weighted by molar-refractivity contribution is 0.281. The lowest BCUT2D eigenvalue weighted by atomic mass is 10.1. The molecule has 3 nitrogen and oxygen atoms in total. The molecule has 0 aliphatic heterocycles. The molecule has 0 atom stereocenters. The van der Waals surface area contributed by atoms with E-state index in [-0.39, 0.29) is 12.4 Å². The normalized spacial score (nSPS) is 9.83. The summed E-state index contributed by atoms with van der Waals surface area (Å²) in [4.78, 5) is 0. The summed E-state index contributed by atoms with van der Waals surface area (Å²) in [6.07, 6.45) is 0. The smallest absolute Gasteiger partial charge is 0.145 e. The molecular weight excluding hydrogens is 233 g/mol. The van der Waals surface area contributed by atoms with Gasteiger partial charge in [-0.15, -0.1) is 0 Å². The third-order valence-electron chi connectivity index (χ3n) is 2.39. The molecule has 0 bridgehead atoms. The molecule has 2 aromatic rings. The Bertz CT molecular complexity index is 588. The summed E-state index contributed by atoms with van der Waals surface area (Å²) in [7, 11) is 0. The molecule has 0 unspecified atom stereocenters. The Hall–Kier alpha value is -2.38. The number of nitriles is 1. The molecule has 0 saturated carbocycles. The van der Waals surface area contributed by atoms with Crippen molar-refractivity contribution in [2.24, 2.45) is 0 Å². The summed E-state index contributed by atoms with van der Waals surface area (Å²) in [5, 5.41) is 18.0. The van der Waals surface area contributed by atoms with Gasteiger partial charge in [-0.05, 0) is 42.0 Å². The van der Waals surface area contributed by atoms with Crippen molar-refractivity contribution in [1.82, 2.24) is 0 Å². The molecule has 0 fully saturated rings. The molecule has 0 aliphatic carbocycles. The minimum atomic E-state index is -0.349. The molecule has 0 saturated heterocycles. The first kappa shape index (κ1) is 12.1. The van der Waals surface area contributed by atoms with Crippen LogP contribution in [0.4, 0.5) is 4.39 Å². The molecule has 18 heavy (non-hydrogen) atoms. The van der Waals surface area contributed by atoms with Crippen molar-refractivity contribution >= 4 is 0 Å². The SMILES string of the molecule is N#Cc1cc(CO)ccc1Oc1ccc(F)cc1. The number of hydrogen-bond donors (Lipinski definition) is 1. The Morgan fingerprint density at radius 1 is 1.17 bits per heavy atom. The van der Waals surface area contributed by atoms with Crippen LogP contribution in [0, 0.1) is 17.1 Å². The van der Waals surface area contributed by atoms with Gasteiger partial charge in [0.1, 0.15) is 23.4 Å². The van der Waals surface area contributed by atoms with E-state index in [0.29, 0.717) is 22.6 Å². The standard InChI is InChI=1S/C14H10FNO2/c15-12-2-4-13(5-3-12)18-14-6-1-10(9-17)7-11(14)8-16/h1-7,17H,9H2. The zero-order valence-corrected chi connectivity index (χ0v) is 9.43. The van der Waals surface area contributed by atoms with E-state index < -0.39 is 0 Å². The van der Waals surface area contributed by atoms with Crippen LogP contribution in [0.5, 0.6) is 11.5 Å². The van der Waals surface area contributed by atoms with E-state index in [1.807, 2.05) is 6.07 Å². The summed E-state index contributed by atoms with van der Waals surface area (Å²) in [6, 6.07) is 12.3. The molecule has 2 aromatic carbocycles. The van der Waals surface area contributed by atoms with E-state index in [4.69, 9.17) is 15.1 Å². The fraction of sp³-hybridized carbons (Fsp3) is 0.0714. The summed E-state index contributed by atoms with van der Waals surface area (Å²) in [6.45, 7) is -0.133. The third-order valence-corrected chi connectivity index (χ3v) is 2.39. The molecule has 1 N–H and O–H groups in total. The molecule has 0 aromatic heterocycles. The highest BCUT2D eigenvalue weighted by atomic mass is 19.1. The molecule has 0 radical (unpaired) electrons. The Labute approximate surface area is 104 Å². The quantitative estimate of drug-likeness (QED) is 0.901. The summed E-state index contributed by atoms with van der Waals surface area (Å²) < 4.78 is 18.2. The van der Waals surface area contributed by atoms with Crippen molar-refractivity contribution in [1.29, 1.82) is 5.26 Å². The first-order valence-corrected chi connectivity index (χ1v) is 5.30. The Balaban J connectivity index is 2.29. The fourth-order valence-corrected chi connectivity index (χ4v) is 1.48. The predicted octanol–water partition coefficient (Wildman–Crippen LogP) is 2.98. The first-order valence-electron chi connectivity index (χ1n) is 5.30. The topological polar surface area (TPSA) is 53.2 Å². The number of rotatable bonds is 3. The van der Waals surface area contributed by atoms with Crippen LogP contribution in [0.25, 0.3) is 0 Å². The van der Waals surface area contributed by atoms with Crippen molar-refractivity contribution in [3.63, 3.8) is 0 Å². The maximum absolute atomic E-state index is 12.7. The van der Waals surface area contributed by atoms with Crippen molar-refractivity contribution in [3.8, 4) is 17.6 Å². The summed E-state index contributed by atoms with van der Waals surface area (Å²) >= 11 is 0. The molecule has 2 rings (SSSR count). The molecule has 0 amide bonds. The zero-order chi connectivity index (χ0) is 13.0. The molecule has 0 aliphatic rings. The van der Waals surface area contributed by atoms with Crippen molar-refractivity contribution in [2.75, 3.05) is 0 Å². The number of nitrogens with zero attached hydrogens (tertiary/aromatic N) is 1. The van der Waals surface area contributed by atoms with E-state index in [1.54, 1.807) is 18.2 Å².